The lowest BCUT2D eigenvalue weighted by Crippen LogP contribution is -2.42. The van der Waals surface area contributed by atoms with Crippen LogP contribution in [-0.2, 0) is 28.7 Å². The summed E-state index contributed by atoms with van der Waals surface area (Å²) in [5, 5.41) is 0. The van der Waals surface area contributed by atoms with Crippen LogP contribution in [0.15, 0.2) is 30.4 Å². The molecule has 3 unspecified atom stereocenters. The van der Waals surface area contributed by atoms with Gasteiger partial charge >= 0.3 is 6.18 Å². The summed E-state index contributed by atoms with van der Waals surface area (Å²) in [6, 6.07) is 3.81. The van der Waals surface area contributed by atoms with E-state index < -0.39 is 17.3 Å². The third-order valence-corrected chi connectivity index (χ3v) is 5.69. The van der Waals surface area contributed by atoms with Crippen molar-refractivity contribution in [2.24, 2.45) is 5.92 Å². The van der Waals surface area contributed by atoms with E-state index in [0.717, 1.165) is 17.2 Å². The maximum Gasteiger partial charge on any atom is 0.416 e. The zero-order chi connectivity index (χ0) is 17.3. The van der Waals surface area contributed by atoms with E-state index in [-0.39, 0.29) is 24.4 Å². The van der Waals surface area contributed by atoms with Crippen LogP contribution in [0.5, 0.6) is 0 Å². The van der Waals surface area contributed by atoms with E-state index in [0.29, 0.717) is 25.0 Å². The SMILES string of the molecule is C=C1COC2(C1)C(=O)N1Cc3cc(C(F)(F)F)ccc3CC1C2C. The van der Waals surface area contributed by atoms with E-state index in [1.165, 1.54) is 6.07 Å². The van der Waals surface area contributed by atoms with Crippen molar-refractivity contribution in [3.8, 4) is 0 Å². The minimum Gasteiger partial charge on any atom is -0.360 e. The van der Waals surface area contributed by atoms with E-state index in [2.05, 4.69) is 6.58 Å². The fourth-order valence-corrected chi connectivity index (χ4v) is 4.34. The summed E-state index contributed by atoms with van der Waals surface area (Å²) in [7, 11) is 0. The predicted octanol–water partition coefficient (Wildman–Crippen LogP) is 3.32. The normalized spacial score (nSPS) is 32.4. The lowest BCUT2D eigenvalue weighted by molar-refractivity contribution is -0.147. The molecule has 3 nitrogen and oxygen atoms in total. The first-order chi connectivity index (χ1) is 11.2. The third kappa shape index (κ3) is 2.05. The molecule has 0 saturated carbocycles. The Morgan fingerprint density at radius 3 is 2.71 bits per heavy atom. The Morgan fingerprint density at radius 2 is 2.08 bits per heavy atom. The topological polar surface area (TPSA) is 29.5 Å². The minimum atomic E-state index is -4.37. The Balaban J connectivity index is 1.70. The van der Waals surface area contributed by atoms with Crippen molar-refractivity contribution in [1.29, 1.82) is 0 Å². The van der Waals surface area contributed by atoms with Gasteiger partial charge in [-0.2, -0.15) is 13.2 Å². The molecule has 1 aromatic rings. The Bertz CT molecular complexity index is 742. The molecule has 128 valence electrons. The largest absolute Gasteiger partial charge is 0.416 e. The van der Waals surface area contributed by atoms with Gasteiger partial charge < -0.3 is 9.64 Å². The third-order valence-electron chi connectivity index (χ3n) is 5.69. The van der Waals surface area contributed by atoms with Crippen LogP contribution in [0.2, 0.25) is 0 Å². The molecule has 3 heterocycles. The summed E-state index contributed by atoms with van der Waals surface area (Å²) in [6.45, 7) is 6.50. The molecule has 0 bridgehead atoms. The van der Waals surface area contributed by atoms with Crippen molar-refractivity contribution in [3.05, 3.63) is 47.0 Å². The first-order valence-electron chi connectivity index (χ1n) is 8.03. The number of carbonyl (C=O) groups excluding carboxylic acids is 1. The summed E-state index contributed by atoms with van der Waals surface area (Å²) >= 11 is 0. The van der Waals surface area contributed by atoms with E-state index in [1.807, 2.05) is 6.92 Å². The number of fused-ring (bicyclic) bond motifs is 2. The number of halogens is 3. The summed E-state index contributed by atoms with van der Waals surface area (Å²) in [5.74, 6) is -0.124. The molecule has 6 heteroatoms. The molecule has 1 spiro atoms. The van der Waals surface area contributed by atoms with Crippen molar-refractivity contribution in [2.45, 2.75) is 44.1 Å². The highest BCUT2D eigenvalue weighted by Gasteiger charge is 2.60. The smallest absolute Gasteiger partial charge is 0.360 e. The number of hydrogen-bond donors (Lipinski definition) is 0. The van der Waals surface area contributed by atoms with Crippen LogP contribution in [-0.4, -0.2) is 29.1 Å². The molecule has 3 atom stereocenters. The lowest BCUT2D eigenvalue weighted by atomic mass is 9.81. The number of nitrogens with zero attached hydrogens (tertiary/aromatic N) is 1. The van der Waals surface area contributed by atoms with Gasteiger partial charge in [0, 0.05) is 24.9 Å². The number of alkyl halides is 3. The van der Waals surface area contributed by atoms with Crippen molar-refractivity contribution in [1.82, 2.24) is 4.90 Å². The van der Waals surface area contributed by atoms with Crippen molar-refractivity contribution >= 4 is 5.91 Å². The predicted molar refractivity (Wildman–Crippen MR) is 81.1 cm³/mol. The fraction of sp³-hybridized carbons (Fsp3) is 0.500. The molecular formula is C18H18F3NO2. The quantitative estimate of drug-likeness (QED) is 0.680. The number of rotatable bonds is 0. The van der Waals surface area contributed by atoms with Crippen molar-refractivity contribution < 1.29 is 22.7 Å². The van der Waals surface area contributed by atoms with Gasteiger partial charge in [-0.25, -0.2) is 0 Å². The van der Waals surface area contributed by atoms with Crippen LogP contribution in [0, 0.1) is 5.92 Å². The maximum atomic E-state index is 12.9. The second-order valence-corrected chi connectivity index (χ2v) is 7.08. The molecule has 0 radical (unpaired) electrons. The Kier molecular flexibility index (Phi) is 3.17. The summed E-state index contributed by atoms with van der Waals surface area (Å²) < 4.78 is 44.7. The number of amides is 1. The fourth-order valence-electron chi connectivity index (χ4n) is 4.34. The molecule has 1 amide bonds. The molecule has 24 heavy (non-hydrogen) atoms. The van der Waals surface area contributed by atoms with Crippen LogP contribution in [0.3, 0.4) is 0 Å². The summed E-state index contributed by atoms with van der Waals surface area (Å²) in [4.78, 5) is 14.6. The van der Waals surface area contributed by atoms with E-state index in [4.69, 9.17) is 4.74 Å². The van der Waals surface area contributed by atoms with Crippen molar-refractivity contribution in [3.63, 3.8) is 0 Å². The van der Waals surface area contributed by atoms with Crippen LogP contribution in [0.4, 0.5) is 13.2 Å². The molecular weight excluding hydrogens is 319 g/mol. The van der Waals surface area contributed by atoms with Crippen LogP contribution >= 0.6 is 0 Å². The monoisotopic (exact) mass is 337 g/mol. The highest BCUT2D eigenvalue weighted by Crippen LogP contribution is 2.48. The van der Waals surface area contributed by atoms with Gasteiger partial charge in [0.1, 0.15) is 0 Å². The highest BCUT2D eigenvalue weighted by atomic mass is 19.4. The van der Waals surface area contributed by atoms with Gasteiger partial charge in [-0.15, -0.1) is 0 Å². The first-order valence-corrected chi connectivity index (χ1v) is 8.03. The van der Waals surface area contributed by atoms with Gasteiger partial charge in [0.2, 0.25) is 0 Å². The first kappa shape index (κ1) is 15.7. The van der Waals surface area contributed by atoms with Gasteiger partial charge in [-0.05, 0) is 35.3 Å². The van der Waals surface area contributed by atoms with Crippen LogP contribution < -0.4 is 0 Å². The molecule has 3 aliphatic heterocycles. The van der Waals surface area contributed by atoms with Crippen LogP contribution in [0.1, 0.15) is 30.0 Å². The number of benzene rings is 1. The van der Waals surface area contributed by atoms with Gasteiger partial charge in [-0.1, -0.05) is 19.6 Å². The number of ether oxygens (including phenoxy) is 1. The lowest BCUT2D eigenvalue weighted by Gasteiger charge is -2.33. The Labute approximate surface area is 138 Å². The second kappa shape index (κ2) is 4.85. The van der Waals surface area contributed by atoms with Crippen molar-refractivity contribution in [2.75, 3.05) is 6.61 Å². The summed E-state index contributed by atoms with van der Waals surface area (Å²) in [5.41, 5.74) is 0.816. The van der Waals surface area contributed by atoms with E-state index in [1.54, 1.807) is 11.0 Å². The molecule has 0 N–H and O–H groups in total. The van der Waals surface area contributed by atoms with Gasteiger partial charge in [0.05, 0.1) is 12.2 Å². The molecule has 2 fully saturated rings. The van der Waals surface area contributed by atoms with E-state index in [9.17, 15) is 18.0 Å². The van der Waals surface area contributed by atoms with Gasteiger partial charge in [0.25, 0.3) is 5.91 Å². The van der Waals surface area contributed by atoms with Crippen LogP contribution in [0.25, 0.3) is 0 Å². The molecule has 3 aliphatic rings. The standard InChI is InChI=1S/C18H18F3NO2/c1-10-7-17(24-9-10)11(2)15-6-12-3-4-14(18(19,20)21)5-13(12)8-22(15)16(17)23/h3-5,11,15H,1,6-9H2,2H3. The van der Waals surface area contributed by atoms with Gasteiger partial charge in [0.15, 0.2) is 5.60 Å². The van der Waals surface area contributed by atoms with E-state index >= 15 is 0 Å². The summed E-state index contributed by atoms with van der Waals surface area (Å²) in [6.07, 6.45) is -3.30. The average Bonchev–Trinajstić information content (AvgIpc) is 3.01. The van der Waals surface area contributed by atoms with Gasteiger partial charge in [-0.3, -0.25) is 4.79 Å². The minimum absolute atomic E-state index is 0.0142. The molecule has 0 aromatic heterocycles. The average molecular weight is 337 g/mol. The molecule has 2 saturated heterocycles. The maximum absolute atomic E-state index is 12.9. The molecule has 0 aliphatic carbocycles. The second-order valence-electron chi connectivity index (χ2n) is 7.08. The number of hydrogen-bond acceptors (Lipinski definition) is 2. The zero-order valence-corrected chi connectivity index (χ0v) is 13.3. The molecule has 4 rings (SSSR count). The zero-order valence-electron chi connectivity index (χ0n) is 13.3. The molecule has 1 aromatic carbocycles. The highest BCUT2D eigenvalue weighted by molar-refractivity contribution is 5.90. The Morgan fingerprint density at radius 1 is 1.33 bits per heavy atom. The number of carbonyl (C=O) groups is 1. The Hall–Kier alpha value is -1.82.